The minimum absolute atomic E-state index is 0.0126. The number of amides is 1. The molecule has 0 radical (unpaired) electrons. The Kier molecular flexibility index (Phi) is 9.19. The van der Waals surface area contributed by atoms with Gasteiger partial charge in [-0.05, 0) is 25.0 Å². The van der Waals surface area contributed by atoms with Crippen LogP contribution in [-0.4, -0.2) is 56.9 Å². The van der Waals surface area contributed by atoms with Gasteiger partial charge in [-0.3, -0.25) is 19.1 Å². The number of aromatic hydroxyl groups is 1. The van der Waals surface area contributed by atoms with E-state index in [2.05, 4.69) is 22.6 Å². The Morgan fingerprint density at radius 1 is 1.20 bits per heavy atom. The van der Waals surface area contributed by atoms with Crippen molar-refractivity contribution >= 4 is 63.1 Å². The van der Waals surface area contributed by atoms with Gasteiger partial charge in [0.15, 0.2) is 17.4 Å². The second-order valence-corrected chi connectivity index (χ2v) is 12.7. The van der Waals surface area contributed by atoms with Crippen LogP contribution in [-0.2, 0) is 4.79 Å². The van der Waals surface area contributed by atoms with E-state index in [1.165, 1.54) is 16.7 Å². The van der Waals surface area contributed by atoms with Crippen molar-refractivity contribution in [3.8, 4) is 23.1 Å². The van der Waals surface area contributed by atoms with Crippen LogP contribution < -0.4 is 10.5 Å². The predicted octanol–water partition coefficient (Wildman–Crippen LogP) is 6.90. The van der Waals surface area contributed by atoms with Crippen molar-refractivity contribution in [2.75, 3.05) is 24.5 Å². The Morgan fingerprint density at radius 3 is 2.48 bits per heavy atom. The van der Waals surface area contributed by atoms with E-state index in [0.717, 1.165) is 0 Å². The van der Waals surface area contributed by atoms with Crippen molar-refractivity contribution in [1.82, 2.24) is 14.5 Å². The molecule has 2 aliphatic rings. The number of benzene rings is 1. The van der Waals surface area contributed by atoms with Crippen molar-refractivity contribution < 1.29 is 18.7 Å². The number of halogens is 5. The van der Waals surface area contributed by atoms with Crippen molar-refractivity contribution in [2.24, 2.45) is 16.8 Å². The van der Waals surface area contributed by atoms with Gasteiger partial charge in [0.1, 0.15) is 22.3 Å². The molecule has 3 aromatic rings. The average Bonchev–Trinajstić information content (AvgIpc) is 3.02. The number of phenols is 1. The molecule has 0 bridgehead atoms. The fourth-order valence-corrected chi connectivity index (χ4v) is 6.76. The maximum absolute atomic E-state index is 15.6. The zero-order valence-electron chi connectivity index (χ0n) is 25.3. The smallest absolute Gasteiger partial charge is 0.272 e. The van der Waals surface area contributed by atoms with Gasteiger partial charge in [0.2, 0.25) is 5.91 Å². The standard InChI is InChI=1S/C32H29Cl3F2N6O3/c1-6-20(44)42-10-9-41(13-16(42)5)29-17-11-19(33)27(21-24(36)22(34)23(35)25(37)30(21)45)40-31(17)43(32(46)18(29)12-38)28-15(4)7-8-39-26(28)14(2)3/h6-8,11,14-16,28,45H,1,9-10,13H2,2-5H3/t15?,16-,28?/m1/s1. The summed E-state index contributed by atoms with van der Waals surface area (Å²) in [6.07, 6.45) is 4.68. The molecule has 2 aliphatic heterocycles. The van der Waals surface area contributed by atoms with Crippen molar-refractivity contribution in [1.29, 1.82) is 5.26 Å². The maximum atomic E-state index is 15.6. The molecule has 0 aliphatic carbocycles. The molecular formula is C32H29Cl3F2N6O3. The minimum atomic E-state index is -1.37. The number of phenolic OH excluding ortho intramolecular Hbond substituents is 1. The maximum Gasteiger partial charge on any atom is 0.272 e. The van der Waals surface area contributed by atoms with Gasteiger partial charge < -0.3 is 14.9 Å². The number of nitriles is 1. The summed E-state index contributed by atoms with van der Waals surface area (Å²) in [6.45, 7) is 11.9. The molecule has 46 heavy (non-hydrogen) atoms. The van der Waals surface area contributed by atoms with Gasteiger partial charge in [0, 0.05) is 48.9 Å². The molecule has 240 valence electrons. The fraction of sp³-hybridized carbons (Fsp3) is 0.344. The van der Waals surface area contributed by atoms with Crippen molar-refractivity contribution in [2.45, 2.75) is 39.8 Å². The van der Waals surface area contributed by atoms with Crippen LogP contribution in [0.1, 0.15) is 39.3 Å². The SMILES string of the molecule is C=CC(=O)N1CCN(c2c(C#N)c(=O)n(C3C(C(C)C)=NC=CC3C)c3nc(-c4c(O)c(F)c(Cl)c(Cl)c4F)c(Cl)cc23)C[C@H]1C. The number of fused-ring (bicyclic) bond motifs is 1. The van der Waals surface area contributed by atoms with E-state index in [1.807, 2.05) is 33.8 Å². The van der Waals surface area contributed by atoms with Crippen LogP contribution in [0.15, 0.2) is 40.8 Å². The van der Waals surface area contributed by atoms with Crippen LogP contribution in [0.5, 0.6) is 5.75 Å². The Morgan fingerprint density at radius 2 is 1.87 bits per heavy atom. The molecule has 1 aromatic carbocycles. The van der Waals surface area contributed by atoms with Crippen LogP contribution in [0.25, 0.3) is 22.3 Å². The number of allylic oxidation sites excluding steroid dienone is 1. The normalized spacial score (nSPS) is 19.8. The Balaban J connectivity index is 1.89. The number of hydrogen-bond donors (Lipinski definition) is 1. The van der Waals surface area contributed by atoms with Crippen molar-refractivity contribution in [3.63, 3.8) is 0 Å². The number of nitrogens with zero attached hydrogens (tertiary/aromatic N) is 6. The van der Waals surface area contributed by atoms with E-state index in [0.29, 0.717) is 5.71 Å². The number of aliphatic imine (C=N–C) groups is 1. The number of pyridine rings is 2. The quantitative estimate of drug-likeness (QED) is 0.177. The first kappa shape index (κ1) is 33.4. The first-order valence-corrected chi connectivity index (χ1v) is 15.5. The molecule has 2 aromatic heterocycles. The van der Waals surface area contributed by atoms with E-state index in [1.54, 1.807) is 16.0 Å². The third-order valence-corrected chi connectivity index (χ3v) is 9.48. The monoisotopic (exact) mass is 688 g/mol. The summed E-state index contributed by atoms with van der Waals surface area (Å²) in [4.78, 5) is 39.5. The van der Waals surface area contributed by atoms with Gasteiger partial charge in [0.05, 0.1) is 33.0 Å². The molecule has 3 atom stereocenters. The number of aromatic nitrogens is 2. The van der Waals surface area contributed by atoms with E-state index < -0.39 is 50.3 Å². The first-order valence-electron chi connectivity index (χ1n) is 14.4. The average molecular weight is 690 g/mol. The van der Waals surface area contributed by atoms with Gasteiger partial charge in [0.25, 0.3) is 5.56 Å². The number of rotatable bonds is 5. The van der Waals surface area contributed by atoms with Crippen LogP contribution in [0, 0.1) is 34.8 Å². The van der Waals surface area contributed by atoms with Gasteiger partial charge in [-0.2, -0.15) is 5.26 Å². The molecule has 4 heterocycles. The summed E-state index contributed by atoms with van der Waals surface area (Å²) in [5.74, 6) is -4.48. The predicted molar refractivity (Wildman–Crippen MR) is 176 cm³/mol. The molecule has 0 spiro atoms. The van der Waals surface area contributed by atoms with Crippen LogP contribution in [0.3, 0.4) is 0 Å². The fourth-order valence-electron chi connectivity index (χ4n) is 6.17. The number of anilines is 1. The van der Waals surface area contributed by atoms with Crippen LogP contribution >= 0.6 is 34.8 Å². The van der Waals surface area contributed by atoms with Gasteiger partial charge in [-0.25, -0.2) is 13.8 Å². The van der Waals surface area contributed by atoms with Gasteiger partial charge >= 0.3 is 0 Å². The summed E-state index contributed by atoms with van der Waals surface area (Å²) in [6, 6.07) is 2.43. The second-order valence-electron chi connectivity index (χ2n) is 11.6. The summed E-state index contributed by atoms with van der Waals surface area (Å²) in [5.41, 5.74) is -1.17. The van der Waals surface area contributed by atoms with E-state index in [-0.39, 0.29) is 70.7 Å². The highest BCUT2D eigenvalue weighted by atomic mass is 35.5. The van der Waals surface area contributed by atoms with Crippen molar-refractivity contribution in [3.05, 3.63) is 73.6 Å². The summed E-state index contributed by atoms with van der Waals surface area (Å²) in [5, 5.41) is 19.6. The zero-order chi connectivity index (χ0) is 33.8. The first-order chi connectivity index (χ1) is 21.7. The lowest BCUT2D eigenvalue weighted by molar-refractivity contribution is -0.128. The third-order valence-electron chi connectivity index (χ3n) is 8.39. The van der Waals surface area contributed by atoms with E-state index in [4.69, 9.17) is 34.8 Å². The molecule has 9 nitrogen and oxygen atoms in total. The number of piperazine rings is 1. The van der Waals surface area contributed by atoms with Crippen LogP contribution in [0.2, 0.25) is 15.1 Å². The highest BCUT2D eigenvalue weighted by molar-refractivity contribution is 6.42. The molecule has 1 saturated heterocycles. The van der Waals surface area contributed by atoms with E-state index in [9.17, 15) is 24.3 Å². The molecule has 14 heteroatoms. The molecule has 1 fully saturated rings. The minimum Gasteiger partial charge on any atom is -0.504 e. The lowest BCUT2D eigenvalue weighted by atomic mass is 9.88. The molecule has 1 amide bonds. The Labute approximate surface area is 278 Å². The van der Waals surface area contributed by atoms with Gasteiger partial charge in [-0.15, -0.1) is 0 Å². The highest BCUT2D eigenvalue weighted by Gasteiger charge is 2.36. The molecular weight excluding hydrogens is 661 g/mol. The summed E-state index contributed by atoms with van der Waals surface area (Å²) < 4.78 is 31.8. The number of hydrogen-bond acceptors (Lipinski definition) is 7. The molecule has 1 N–H and O–H groups in total. The Bertz CT molecular complexity index is 1940. The Hall–Kier alpha value is -3.98. The lowest BCUT2D eigenvalue weighted by Gasteiger charge is -2.41. The van der Waals surface area contributed by atoms with Gasteiger partial charge in [-0.1, -0.05) is 68.2 Å². The molecule has 5 rings (SSSR count). The number of carbonyl (C=O) groups excluding carboxylic acids is 1. The van der Waals surface area contributed by atoms with E-state index >= 15 is 4.39 Å². The zero-order valence-corrected chi connectivity index (χ0v) is 27.6. The molecule has 2 unspecified atom stereocenters. The van der Waals surface area contributed by atoms with Crippen LogP contribution in [0.4, 0.5) is 14.5 Å². The third kappa shape index (κ3) is 5.32. The number of carbonyl (C=O) groups is 1. The largest absolute Gasteiger partial charge is 0.504 e. The molecule has 0 saturated carbocycles. The second kappa shape index (κ2) is 12.7. The summed E-state index contributed by atoms with van der Waals surface area (Å²) >= 11 is 18.5. The lowest BCUT2D eigenvalue weighted by Crippen LogP contribution is -2.54. The highest BCUT2D eigenvalue weighted by Crippen LogP contribution is 2.46. The topological polar surface area (TPSA) is 115 Å². The summed E-state index contributed by atoms with van der Waals surface area (Å²) in [7, 11) is 0.